The van der Waals surface area contributed by atoms with Crippen molar-refractivity contribution in [2.45, 2.75) is 26.4 Å². The highest BCUT2D eigenvalue weighted by atomic mass is 32.2. The van der Waals surface area contributed by atoms with E-state index >= 15 is 0 Å². The second-order valence-electron chi connectivity index (χ2n) is 7.47. The van der Waals surface area contributed by atoms with Gasteiger partial charge in [0, 0.05) is 12.1 Å². The van der Waals surface area contributed by atoms with Crippen LogP contribution in [0.2, 0.25) is 0 Å². The summed E-state index contributed by atoms with van der Waals surface area (Å²) in [5.41, 5.74) is 1.17. The van der Waals surface area contributed by atoms with Gasteiger partial charge in [-0.2, -0.15) is 0 Å². The fourth-order valence-electron chi connectivity index (χ4n) is 3.11. The Morgan fingerprint density at radius 3 is 2.69 bits per heavy atom. The van der Waals surface area contributed by atoms with E-state index in [-0.39, 0.29) is 23.8 Å². The van der Waals surface area contributed by atoms with Crippen LogP contribution >= 0.6 is 11.8 Å². The Bertz CT molecular complexity index is 1160. The van der Waals surface area contributed by atoms with Gasteiger partial charge in [0.05, 0.1) is 23.5 Å². The molecule has 3 rings (SSSR count). The number of nitro groups is 1. The van der Waals surface area contributed by atoms with Gasteiger partial charge in [0.2, 0.25) is 0 Å². The predicted molar refractivity (Wildman–Crippen MR) is 129 cm³/mol. The molecule has 2 aromatic carbocycles. The van der Waals surface area contributed by atoms with Crippen molar-refractivity contribution in [2.24, 2.45) is 0 Å². The maximum atomic E-state index is 12.6. The van der Waals surface area contributed by atoms with Crippen molar-refractivity contribution >= 4 is 40.6 Å². The van der Waals surface area contributed by atoms with Crippen LogP contribution < -0.4 is 9.47 Å². The number of non-ortho nitro benzene ring substituents is 1. The van der Waals surface area contributed by atoms with Gasteiger partial charge in [0.25, 0.3) is 16.8 Å². The molecular formula is C24H24N2O8S. The number of methoxy groups -OCH3 is 1. The van der Waals surface area contributed by atoms with E-state index in [0.29, 0.717) is 29.0 Å². The van der Waals surface area contributed by atoms with Gasteiger partial charge in [0.1, 0.15) is 13.2 Å². The summed E-state index contributed by atoms with van der Waals surface area (Å²) in [6, 6.07) is 11.1. The number of hydrogen-bond acceptors (Lipinski definition) is 9. The molecule has 0 unspecified atom stereocenters. The van der Waals surface area contributed by atoms with Crippen LogP contribution in [0.25, 0.3) is 6.08 Å². The number of ether oxygens (including phenoxy) is 3. The van der Waals surface area contributed by atoms with Crippen LogP contribution in [0, 0.1) is 10.1 Å². The first-order valence-electron chi connectivity index (χ1n) is 10.8. The van der Waals surface area contributed by atoms with E-state index in [9.17, 15) is 24.5 Å². The van der Waals surface area contributed by atoms with Crippen molar-refractivity contribution in [3.05, 3.63) is 68.6 Å². The predicted octanol–water partition coefficient (Wildman–Crippen LogP) is 4.56. The first-order chi connectivity index (χ1) is 16.8. The van der Waals surface area contributed by atoms with E-state index in [0.717, 1.165) is 23.1 Å². The van der Waals surface area contributed by atoms with Crippen LogP contribution in [0.1, 0.15) is 30.9 Å². The Balaban J connectivity index is 1.68. The number of unbranched alkanes of at least 4 members (excludes halogenated alkanes) is 1. The Hall–Kier alpha value is -3.86. The zero-order valence-corrected chi connectivity index (χ0v) is 20.0. The number of nitro benzene ring substituents is 1. The molecule has 0 spiro atoms. The zero-order chi connectivity index (χ0) is 25.4. The summed E-state index contributed by atoms with van der Waals surface area (Å²) in [5.74, 6) is -0.423. The minimum Gasteiger partial charge on any atom is -0.493 e. The Kier molecular flexibility index (Phi) is 8.85. The average molecular weight is 501 g/mol. The first-order valence-corrected chi connectivity index (χ1v) is 11.6. The third-order valence-electron chi connectivity index (χ3n) is 4.92. The number of thioether (sulfide) groups is 1. The van der Waals surface area contributed by atoms with Crippen LogP contribution in [0.5, 0.6) is 11.5 Å². The van der Waals surface area contributed by atoms with Gasteiger partial charge >= 0.3 is 5.97 Å². The fourth-order valence-corrected chi connectivity index (χ4v) is 3.95. The van der Waals surface area contributed by atoms with Gasteiger partial charge in [-0.3, -0.25) is 29.4 Å². The molecule has 0 N–H and O–H groups in total. The summed E-state index contributed by atoms with van der Waals surface area (Å²) < 4.78 is 16.2. The number of benzene rings is 2. The van der Waals surface area contributed by atoms with E-state index in [1.165, 1.54) is 25.3 Å². The monoisotopic (exact) mass is 500 g/mol. The van der Waals surface area contributed by atoms with E-state index < -0.39 is 28.6 Å². The van der Waals surface area contributed by atoms with Crippen molar-refractivity contribution in [2.75, 3.05) is 20.3 Å². The molecule has 1 heterocycles. The number of carbonyl (C=O) groups is 3. The summed E-state index contributed by atoms with van der Waals surface area (Å²) in [5, 5.41) is 10.4. The topological polar surface area (TPSA) is 125 Å². The highest BCUT2D eigenvalue weighted by molar-refractivity contribution is 8.18. The van der Waals surface area contributed by atoms with Crippen molar-refractivity contribution in [3.63, 3.8) is 0 Å². The van der Waals surface area contributed by atoms with Gasteiger partial charge < -0.3 is 14.2 Å². The molecule has 35 heavy (non-hydrogen) atoms. The first kappa shape index (κ1) is 25.8. The number of rotatable bonds is 11. The molecular weight excluding hydrogens is 476 g/mol. The third kappa shape index (κ3) is 6.82. The van der Waals surface area contributed by atoms with Crippen LogP contribution in [-0.2, 0) is 20.9 Å². The Morgan fingerprint density at radius 1 is 1.17 bits per heavy atom. The Morgan fingerprint density at radius 2 is 1.97 bits per heavy atom. The SMILES string of the molecule is CCCCOC(=O)CN1C(=O)S/C(=C/c2ccc(OCc3cccc([N+](=O)[O-])c3)c(OC)c2)C1=O. The molecule has 184 valence electrons. The van der Waals surface area contributed by atoms with Gasteiger partial charge in [-0.15, -0.1) is 0 Å². The second kappa shape index (κ2) is 12.0. The minimum atomic E-state index is -0.631. The average Bonchev–Trinajstić information content (AvgIpc) is 3.10. The molecule has 0 radical (unpaired) electrons. The lowest BCUT2D eigenvalue weighted by Gasteiger charge is -2.12. The van der Waals surface area contributed by atoms with Crippen LogP contribution in [-0.4, -0.2) is 47.2 Å². The molecule has 1 aliphatic heterocycles. The molecule has 0 saturated carbocycles. The Labute approximate surface area is 206 Å². The molecule has 2 amide bonds. The maximum absolute atomic E-state index is 12.6. The number of amides is 2. The van der Waals surface area contributed by atoms with Gasteiger partial charge in [0.15, 0.2) is 11.5 Å². The van der Waals surface area contributed by atoms with E-state index in [2.05, 4.69) is 0 Å². The maximum Gasteiger partial charge on any atom is 0.326 e. The quantitative estimate of drug-likeness (QED) is 0.143. The van der Waals surface area contributed by atoms with Crippen LogP contribution in [0.3, 0.4) is 0 Å². The van der Waals surface area contributed by atoms with E-state index in [1.54, 1.807) is 30.3 Å². The van der Waals surface area contributed by atoms with Gasteiger partial charge in [-0.1, -0.05) is 31.5 Å². The van der Waals surface area contributed by atoms with E-state index in [4.69, 9.17) is 14.2 Å². The molecule has 1 aliphatic rings. The molecule has 2 aromatic rings. The molecule has 1 saturated heterocycles. The molecule has 0 aliphatic carbocycles. The highest BCUT2D eigenvalue weighted by Crippen LogP contribution is 2.34. The summed E-state index contributed by atoms with van der Waals surface area (Å²) in [6.45, 7) is 1.86. The number of carbonyl (C=O) groups excluding carboxylic acids is 3. The normalized spacial score (nSPS) is 14.3. The smallest absolute Gasteiger partial charge is 0.326 e. The third-order valence-corrected chi connectivity index (χ3v) is 5.83. The van der Waals surface area contributed by atoms with Crippen molar-refractivity contribution in [3.8, 4) is 11.5 Å². The molecule has 0 atom stereocenters. The van der Waals surface area contributed by atoms with Gasteiger partial charge in [-0.25, -0.2) is 0 Å². The standard InChI is InChI=1S/C24H24N2O8S/c1-3-4-10-33-22(27)14-25-23(28)21(35-24(25)29)13-16-8-9-19(20(12-16)32-2)34-15-17-6-5-7-18(11-17)26(30)31/h5-9,11-13H,3-4,10,14-15H2,1-2H3/b21-13+. The number of hydrogen-bond donors (Lipinski definition) is 0. The summed E-state index contributed by atoms with van der Waals surface area (Å²) in [7, 11) is 1.46. The summed E-state index contributed by atoms with van der Waals surface area (Å²) in [6.07, 6.45) is 3.10. The fraction of sp³-hybridized carbons (Fsp3) is 0.292. The molecule has 0 bridgehead atoms. The molecule has 11 heteroatoms. The van der Waals surface area contributed by atoms with Crippen LogP contribution in [0.4, 0.5) is 10.5 Å². The summed E-state index contributed by atoms with van der Waals surface area (Å²) in [4.78, 5) is 48.3. The van der Waals surface area contributed by atoms with Crippen molar-refractivity contribution < 1.29 is 33.5 Å². The second-order valence-corrected chi connectivity index (χ2v) is 8.46. The lowest BCUT2D eigenvalue weighted by atomic mass is 10.1. The largest absolute Gasteiger partial charge is 0.493 e. The molecule has 10 nitrogen and oxygen atoms in total. The minimum absolute atomic E-state index is 0.0309. The van der Waals surface area contributed by atoms with Crippen molar-refractivity contribution in [1.82, 2.24) is 4.90 Å². The highest BCUT2D eigenvalue weighted by Gasteiger charge is 2.36. The number of esters is 1. The van der Waals surface area contributed by atoms with Gasteiger partial charge in [-0.05, 0) is 47.5 Å². The number of nitrogens with zero attached hydrogens (tertiary/aromatic N) is 2. The summed E-state index contributed by atoms with van der Waals surface area (Å²) >= 11 is 0.739. The lowest BCUT2D eigenvalue weighted by molar-refractivity contribution is -0.384. The van der Waals surface area contributed by atoms with Crippen LogP contribution in [0.15, 0.2) is 47.4 Å². The number of imide groups is 1. The lowest BCUT2D eigenvalue weighted by Crippen LogP contribution is -2.34. The van der Waals surface area contributed by atoms with E-state index in [1.807, 2.05) is 6.92 Å². The molecule has 1 fully saturated rings. The van der Waals surface area contributed by atoms with Crippen molar-refractivity contribution in [1.29, 1.82) is 0 Å². The zero-order valence-electron chi connectivity index (χ0n) is 19.2. The molecule has 0 aromatic heterocycles.